The molecule has 2 N–H and O–H groups in total. The molecule has 0 saturated heterocycles. The quantitative estimate of drug-likeness (QED) is 0.878. The molecule has 1 heterocycles. The van der Waals surface area contributed by atoms with Gasteiger partial charge in [-0.3, -0.25) is 0 Å². The maximum Gasteiger partial charge on any atom is 0.0778 e. The molecule has 1 aliphatic heterocycles. The molecule has 1 unspecified atom stereocenters. The van der Waals surface area contributed by atoms with Gasteiger partial charge in [0.05, 0.1) is 16.9 Å². The highest BCUT2D eigenvalue weighted by Crippen LogP contribution is 2.43. The molecule has 0 aromatic heterocycles. The molecule has 0 fully saturated rings. The molecule has 110 valence electrons. The fourth-order valence-corrected chi connectivity index (χ4v) is 3.66. The van der Waals surface area contributed by atoms with Crippen molar-refractivity contribution in [1.82, 2.24) is 5.32 Å². The molecule has 1 atom stereocenters. The topological polar surface area (TPSA) is 36.4 Å². The number of nitrogens with one attached hydrogen (secondary N) is 2. The first-order chi connectivity index (χ1) is 10.1. The number of thioether (sulfide) groups is 1. The van der Waals surface area contributed by atoms with Crippen LogP contribution in [0.2, 0.25) is 0 Å². The van der Waals surface area contributed by atoms with Crippen LogP contribution in [0.25, 0.3) is 0 Å². The third kappa shape index (κ3) is 2.92. The Morgan fingerprint density at radius 2 is 2.19 bits per heavy atom. The second-order valence-electron chi connectivity index (χ2n) is 5.58. The van der Waals surface area contributed by atoms with E-state index in [1.807, 2.05) is 7.05 Å². The maximum absolute atomic E-state index is 4.77. The van der Waals surface area contributed by atoms with Gasteiger partial charge in [0.2, 0.25) is 0 Å². The Hall–Kier alpha value is -1.52. The first-order valence-corrected chi connectivity index (χ1v) is 8.21. The van der Waals surface area contributed by atoms with E-state index in [4.69, 9.17) is 4.99 Å². The van der Waals surface area contributed by atoms with Crippen molar-refractivity contribution >= 4 is 28.8 Å². The minimum atomic E-state index is -0.0739. The largest absolute Gasteiger partial charge is 0.388 e. The van der Waals surface area contributed by atoms with Gasteiger partial charge in [-0.25, -0.2) is 4.99 Å². The Bertz CT molecular complexity index is 645. The van der Waals surface area contributed by atoms with Crippen LogP contribution in [0.5, 0.6) is 0 Å². The minimum absolute atomic E-state index is 0.0739. The van der Waals surface area contributed by atoms with Crippen molar-refractivity contribution in [2.24, 2.45) is 4.99 Å². The van der Waals surface area contributed by atoms with Crippen LogP contribution in [0.1, 0.15) is 20.3 Å². The number of fused-ring (bicyclic) bond motifs is 2. The van der Waals surface area contributed by atoms with Crippen molar-refractivity contribution in [2.45, 2.75) is 30.7 Å². The van der Waals surface area contributed by atoms with E-state index >= 15 is 0 Å². The third-order valence-electron chi connectivity index (χ3n) is 3.74. The standard InChI is InChI=1S/C17H21N3S/c1-4-9-19-17(2)8-7-14-16(11-17)21-15-10-12(18-3)5-6-13(15)20-14/h5-8,10-11,18-19H,4,9H2,1-3H3. The van der Waals surface area contributed by atoms with Gasteiger partial charge in [0, 0.05) is 22.5 Å². The van der Waals surface area contributed by atoms with Crippen LogP contribution in [0.3, 0.4) is 0 Å². The zero-order valence-electron chi connectivity index (χ0n) is 12.7. The molecule has 4 heteroatoms. The summed E-state index contributed by atoms with van der Waals surface area (Å²) >= 11 is 1.81. The van der Waals surface area contributed by atoms with Gasteiger partial charge in [0.1, 0.15) is 0 Å². The van der Waals surface area contributed by atoms with Crippen molar-refractivity contribution in [1.29, 1.82) is 0 Å². The maximum atomic E-state index is 4.77. The number of hydrogen-bond acceptors (Lipinski definition) is 4. The molecule has 2 aliphatic rings. The van der Waals surface area contributed by atoms with Crippen molar-refractivity contribution in [2.75, 3.05) is 18.9 Å². The second-order valence-corrected chi connectivity index (χ2v) is 6.67. The minimum Gasteiger partial charge on any atom is -0.388 e. The van der Waals surface area contributed by atoms with Crippen LogP contribution in [-0.4, -0.2) is 24.8 Å². The lowest BCUT2D eigenvalue weighted by molar-refractivity contribution is 0.521. The van der Waals surface area contributed by atoms with E-state index < -0.39 is 0 Å². The number of hydrogen-bond donors (Lipinski definition) is 2. The molecule has 1 aliphatic carbocycles. The second kappa shape index (κ2) is 5.70. The Kier molecular flexibility index (Phi) is 3.91. The Balaban J connectivity index is 1.93. The van der Waals surface area contributed by atoms with E-state index in [1.165, 1.54) is 9.80 Å². The number of allylic oxidation sites excluding steroid dienone is 2. The monoisotopic (exact) mass is 299 g/mol. The molecule has 1 aromatic rings. The summed E-state index contributed by atoms with van der Waals surface area (Å²) in [6.07, 6.45) is 7.77. The smallest absolute Gasteiger partial charge is 0.0778 e. The zero-order valence-corrected chi connectivity index (χ0v) is 13.6. The van der Waals surface area contributed by atoms with Gasteiger partial charge in [-0.05, 0) is 50.2 Å². The van der Waals surface area contributed by atoms with E-state index in [9.17, 15) is 0 Å². The van der Waals surface area contributed by atoms with Gasteiger partial charge in [-0.2, -0.15) is 0 Å². The predicted molar refractivity (Wildman–Crippen MR) is 92.9 cm³/mol. The van der Waals surface area contributed by atoms with Crippen LogP contribution in [-0.2, 0) is 0 Å². The summed E-state index contributed by atoms with van der Waals surface area (Å²) in [5, 5.41) is 6.77. The van der Waals surface area contributed by atoms with Crippen molar-refractivity contribution in [3.63, 3.8) is 0 Å². The van der Waals surface area contributed by atoms with Gasteiger partial charge in [-0.15, -0.1) is 0 Å². The Morgan fingerprint density at radius 1 is 1.33 bits per heavy atom. The number of nitrogens with zero attached hydrogens (tertiary/aromatic N) is 1. The highest BCUT2D eigenvalue weighted by molar-refractivity contribution is 8.04. The van der Waals surface area contributed by atoms with Crippen LogP contribution >= 0.6 is 11.8 Å². The molecule has 0 bridgehead atoms. The molecular weight excluding hydrogens is 278 g/mol. The molecule has 0 amide bonds. The average Bonchev–Trinajstić information content (AvgIpc) is 2.50. The summed E-state index contributed by atoms with van der Waals surface area (Å²) in [7, 11) is 1.94. The van der Waals surface area contributed by atoms with E-state index in [-0.39, 0.29) is 5.54 Å². The van der Waals surface area contributed by atoms with Crippen LogP contribution in [0.15, 0.2) is 51.2 Å². The predicted octanol–water partition coefficient (Wildman–Crippen LogP) is 4.12. The lowest BCUT2D eigenvalue weighted by atomic mass is 9.95. The van der Waals surface area contributed by atoms with E-state index in [0.717, 1.165) is 30.1 Å². The first-order valence-electron chi connectivity index (χ1n) is 7.39. The van der Waals surface area contributed by atoms with Gasteiger partial charge in [-0.1, -0.05) is 24.8 Å². The number of rotatable bonds is 4. The molecule has 1 aromatic carbocycles. The summed E-state index contributed by atoms with van der Waals surface area (Å²) in [6.45, 7) is 5.42. The summed E-state index contributed by atoms with van der Waals surface area (Å²) < 4.78 is 0. The SMILES string of the molecule is CCCNC1(C)C=CC2=Nc3ccc(NC)cc3SC2=C1. The first kappa shape index (κ1) is 14.4. The van der Waals surface area contributed by atoms with Gasteiger partial charge < -0.3 is 10.6 Å². The molecular formula is C17H21N3S. The van der Waals surface area contributed by atoms with Crippen molar-refractivity contribution in [3.05, 3.63) is 41.3 Å². The summed E-state index contributed by atoms with van der Waals surface area (Å²) in [5.74, 6) is 0. The Labute approximate surface area is 130 Å². The molecule has 0 saturated carbocycles. The Morgan fingerprint density at radius 3 is 2.95 bits per heavy atom. The van der Waals surface area contributed by atoms with Crippen molar-refractivity contribution < 1.29 is 0 Å². The highest BCUT2D eigenvalue weighted by atomic mass is 32.2. The lowest BCUT2D eigenvalue weighted by Crippen LogP contribution is -2.41. The third-order valence-corrected chi connectivity index (χ3v) is 4.83. The van der Waals surface area contributed by atoms with Crippen LogP contribution in [0.4, 0.5) is 11.4 Å². The molecule has 0 spiro atoms. The van der Waals surface area contributed by atoms with E-state index in [0.29, 0.717) is 0 Å². The molecule has 3 rings (SSSR count). The fraction of sp³-hybridized carbons (Fsp3) is 0.353. The highest BCUT2D eigenvalue weighted by Gasteiger charge is 2.26. The number of benzene rings is 1. The number of anilines is 1. The number of aliphatic imine (C=N–C) groups is 1. The summed E-state index contributed by atoms with van der Waals surface area (Å²) in [6, 6.07) is 6.31. The van der Waals surface area contributed by atoms with Crippen LogP contribution < -0.4 is 10.6 Å². The van der Waals surface area contributed by atoms with Gasteiger partial charge >= 0.3 is 0 Å². The summed E-state index contributed by atoms with van der Waals surface area (Å²) in [5.41, 5.74) is 3.18. The molecule has 0 radical (unpaired) electrons. The fourth-order valence-electron chi connectivity index (χ4n) is 2.50. The normalized spacial score (nSPS) is 23.0. The molecule has 21 heavy (non-hydrogen) atoms. The van der Waals surface area contributed by atoms with E-state index in [1.54, 1.807) is 11.8 Å². The van der Waals surface area contributed by atoms with Crippen molar-refractivity contribution in [3.8, 4) is 0 Å². The zero-order chi connectivity index (χ0) is 14.9. The summed E-state index contributed by atoms with van der Waals surface area (Å²) in [4.78, 5) is 7.23. The van der Waals surface area contributed by atoms with Crippen LogP contribution in [0, 0.1) is 0 Å². The van der Waals surface area contributed by atoms with E-state index in [2.05, 4.69) is 60.9 Å². The lowest BCUT2D eigenvalue weighted by Gasteiger charge is -2.30. The van der Waals surface area contributed by atoms with Gasteiger partial charge in [0.15, 0.2) is 0 Å². The molecule has 3 nitrogen and oxygen atoms in total. The average molecular weight is 299 g/mol. The van der Waals surface area contributed by atoms with Gasteiger partial charge in [0.25, 0.3) is 0 Å².